The quantitative estimate of drug-likeness (QED) is 0.277. The third-order valence-corrected chi connectivity index (χ3v) is 6.44. The van der Waals surface area contributed by atoms with Crippen LogP contribution >= 0.6 is 0 Å². The first-order valence-electron chi connectivity index (χ1n) is 11.9. The predicted molar refractivity (Wildman–Crippen MR) is 150 cm³/mol. The fourth-order valence-corrected chi connectivity index (χ4v) is 4.54. The van der Waals surface area contributed by atoms with Gasteiger partial charge in [-0.05, 0) is 74.5 Å². The highest BCUT2D eigenvalue weighted by Crippen LogP contribution is 2.29. The second-order valence-electron chi connectivity index (χ2n) is 8.79. The van der Waals surface area contributed by atoms with Crippen molar-refractivity contribution in [3.63, 3.8) is 0 Å². The van der Waals surface area contributed by atoms with Gasteiger partial charge in [0.1, 0.15) is 0 Å². The molecule has 6 aromatic carbocycles. The van der Waals surface area contributed by atoms with Crippen molar-refractivity contribution in [2.45, 2.75) is 0 Å². The van der Waals surface area contributed by atoms with Gasteiger partial charge in [-0.15, -0.1) is 0 Å². The van der Waals surface area contributed by atoms with Crippen molar-refractivity contribution in [2.24, 2.45) is 0 Å². The predicted octanol–water partition coefficient (Wildman–Crippen LogP) is 9.58. The summed E-state index contributed by atoms with van der Waals surface area (Å²) in [5, 5.41) is 6.09. The minimum Gasteiger partial charge on any atom is -0.356 e. The van der Waals surface area contributed by atoms with E-state index in [9.17, 15) is 0 Å². The maximum Gasteiger partial charge on any atom is 0.0390 e. The molecule has 6 aromatic rings. The Kier molecular flexibility index (Phi) is 5.58. The van der Waals surface area contributed by atoms with Crippen LogP contribution in [-0.4, -0.2) is 0 Å². The zero-order valence-electron chi connectivity index (χ0n) is 19.4. The van der Waals surface area contributed by atoms with Gasteiger partial charge in [-0.2, -0.15) is 0 Å². The largest absolute Gasteiger partial charge is 0.356 e. The fourth-order valence-electron chi connectivity index (χ4n) is 4.54. The maximum absolute atomic E-state index is 3.56. The maximum atomic E-state index is 3.56. The lowest BCUT2D eigenvalue weighted by atomic mass is 10.00. The molecule has 0 atom stereocenters. The van der Waals surface area contributed by atoms with Crippen molar-refractivity contribution in [2.75, 3.05) is 5.32 Å². The van der Waals surface area contributed by atoms with Gasteiger partial charge < -0.3 is 5.32 Å². The van der Waals surface area contributed by atoms with Crippen LogP contribution in [0.4, 0.5) is 11.4 Å². The SMILES string of the molecule is c1ccc(-c2ccc(-c3cccc(Nc4ccc(-c5ccc6ccccc6c5)cc4)c3)cc2)cc1. The molecule has 0 unspecified atom stereocenters. The molecule has 0 radical (unpaired) electrons. The van der Waals surface area contributed by atoms with Crippen LogP contribution < -0.4 is 5.32 Å². The monoisotopic (exact) mass is 447 g/mol. The third kappa shape index (κ3) is 4.58. The molecule has 0 aliphatic carbocycles. The Balaban J connectivity index is 1.20. The first kappa shape index (κ1) is 20.9. The lowest BCUT2D eigenvalue weighted by molar-refractivity contribution is 1.53. The van der Waals surface area contributed by atoms with Gasteiger partial charge in [0.25, 0.3) is 0 Å². The molecule has 0 aliphatic rings. The first-order chi connectivity index (χ1) is 17.3. The molecule has 0 aliphatic heterocycles. The van der Waals surface area contributed by atoms with E-state index < -0.39 is 0 Å². The topological polar surface area (TPSA) is 12.0 Å². The van der Waals surface area contributed by atoms with E-state index in [2.05, 4.69) is 145 Å². The molecule has 0 fully saturated rings. The zero-order valence-corrected chi connectivity index (χ0v) is 19.4. The minimum absolute atomic E-state index is 1.08. The van der Waals surface area contributed by atoms with E-state index >= 15 is 0 Å². The Bertz CT molecular complexity index is 1580. The van der Waals surface area contributed by atoms with E-state index in [1.165, 1.54) is 44.2 Å². The van der Waals surface area contributed by atoms with Gasteiger partial charge in [0.05, 0.1) is 0 Å². The van der Waals surface area contributed by atoms with E-state index in [-0.39, 0.29) is 0 Å². The van der Waals surface area contributed by atoms with Gasteiger partial charge >= 0.3 is 0 Å². The molecule has 0 bridgehead atoms. The molecule has 0 saturated heterocycles. The summed E-state index contributed by atoms with van der Waals surface area (Å²) in [5.41, 5.74) is 9.48. The van der Waals surface area contributed by atoms with Gasteiger partial charge in [-0.25, -0.2) is 0 Å². The molecule has 0 aromatic heterocycles. The minimum atomic E-state index is 1.08. The molecule has 35 heavy (non-hydrogen) atoms. The molecule has 1 nitrogen and oxygen atoms in total. The summed E-state index contributed by atoms with van der Waals surface area (Å²) < 4.78 is 0. The van der Waals surface area contributed by atoms with Gasteiger partial charge in [0.15, 0.2) is 0 Å². The number of nitrogens with one attached hydrogen (secondary N) is 1. The number of fused-ring (bicyclic) bond motifs is 1. The Labute approximate surface area is 206 Å². The van der Waals surface area contributed by atoms with E-state index in [1.54, 1.807) is 0 Å². The summed E-state index contributed by atoms with van der Waals surface area (Å²) in [6, 6.07) is 51.6. The van der Waals surface area contributed by atoms with Crippen LogP contribution in [0.15, 0.2) is 146 Å². The highest BCUT2D eigenvalue weighted by atomic mass is 14.9. The van der Waals surface area contributed by atoms with Crippen LogP contribution in [0.5, 0.6) is 0 Å². The number of benzene rings is 6. The number of hydrogen-bond acceptors (Lipinski definition) is 1. The van der Waals surface area contributed by atoms with Crippen molar-refractivity contribution in [3.05, 3.63) is 146 Å². The zero-order chi connectivity index (χ0) is 23.5. The van der Waals surface area contributed by atoms with Crippen LogP contribution in [0.1, 0.15) is 0 Å². The van der Waals surface area contributed by atoms with E-state index in [4.69, 9.17) is 0 Å². The smallest absolute Gasteiger partial charge is 0.0390 e. The average molecular weight is 448 g/mol. The van der Waals surface area contributed by atoms with Gasteiger partial charge in [-0.3, -0.25) is 0 Å². The van der Waals surface area contributed by atoms with Gasteiger partial charge in [0.2, 0.25) is 0 Å². The molecule has 6 rings (SSSR count). The van der Waals surface area contributed by atoms with E-state index in [0.717, 1.165) is 11.4 Å². The molecule has 166 valence electrons. The molecule has 0 amide bonds. The van der Waals surface area contributed by atoms with Crippen molar-refractivity contribution < 1.29 is 0 Å². The second kappa shape index (κ2) is 9.32. The van der Waals surface area contributed by atoms with Crippen LogP contribution in [-0.2, 0) is 0 Å². The molecular weight excluding hydrogens is 422 g/mol. The lowest BCUT2D eigenvalue weighted by Crippen LogP contribution is -1.91. The van der Waals surface area contributed by atoms with E-state index in [0.29, 0.717) is 0 Å². The highest BCUT2D eigenvalue weighted by molar-refractivity contribution is 5.87. The van der Waals surface area contributed by atoms with Gasteiger partial charge in [0, 0.05) is 11.4 Å². The van der Waals surface area contributed by atoms with Crippen molar-refractivity contribution in [1.29, 1.82) is 0 Å². The van der Waals surface area contributed by atoms with Crippen molar-refractivity contribution >= 4 is 22.1 Å². The average Bonchev–Trinajstić information content (AvgIpc) is 2.94. The Hall–Kier alpha value is -4.62. The molecule has 0 spiro atoms. The standard InChI is InChI=1S/C34H25N/c1-2-7-25(8-3-1)27-13-15-28(16-14-27)31-11-6-12-34(24-31)35-33-21-19-29(20-22-33)32-18-17-26-9-4-5-10-30(26)23-32/h1-24,35H. The molecule has 0 heterocycles. The van der Waals surface area contributed by atoms with Crippen molar-refractivity contribution in [3.8, 4) is 33.4 Å². The van der Waals surface area contributed by atoms with Gasteiger partial charge in [-0.1, -0.05) is 115 Å². The third-order valence-electron chi connectivity index (χ3n) is 6.44. The summed E-state index contributed by atoms with van der Waals surface area (Å²) in [6.07, 6.45) is 0. The highest BCUT2D eigenvalue weighted by Gasteiger charge is 2.04. The summed E-state index contributed by atoms with van der Waals surface area (Å²) in [4.78, 5) is 0. The Morgan fingerprint density at radius 3 is 1.54 bits per heavy atom. The summed E-state index contributed by atoms with van der Waals surface area (Å²) in [6.45, 7) is 0. The normalized spacial score (nSPS) is 10.9. The summed E-state index contributed by atoms with van der Waals surface area (Å²) in [7, 11) is 0. The van der Waals surface area contributed by atoms with E-state index in [1.807, 2.05) is 6.07 Å². The van der Waals surface area contributed by atoms with Crippen LogP contribution in [0.3, 0.4) is 0 Å². The Morgan fingerprint density at radius 2 is 0.800 bits per heavy atom. The summed E-state index contributed by atoms with van der Waals surface area (Å²) >= 11 is 0. The molecule has 1 N–H and O–H groups in total. The number of rotatable bonds is 5. The lowest BCUT2D eigenvalue weighted by Gasteiger charge is -2.11. The molecule has 0 saturated carbocycles. The van der Waals surface area contributed by atoms with Crippen molar-refractivity contribution in [1.82, 2.24) is 0 Å². The summed E-state index contributed by atoms with van der Waals surface area (Å²) in [5.74, 6) is 0. The fraction of sp³-hybridized carbons (Fsp3) is 0. The van der Waals surface area contributed by atoms with Crippen LogP contribution in [0, 0.1) is 0 Å². The first-order valence-corrected chi connectivity index (χ1v) is 11.9. The van der Waals surface area contributed by atoms with Crippen LogP contribution in [0.25, 0.3) is 44.2 Å². The molecular formula is C34H25N. The number of hydrogen-bond donors (Lipinski definition) is 1. The Morgan fingerprint density at radius 1 is 0.286 bits per heavy atom. The number of anilines is 2. The second-order valence-corrected chi connectivity index (χ2v) is 8.79. The molecule has 1 heteroatoms. The van der Waals surface area contributed by atoms with Crippen LogP contribution in [0.2, 0.25) is 0 Å².